The number of hydrogen-bond acceptors (Lipinski definition) is 5. The number of pyridine rings is 1. The van der Waals surface area contributed by atoms with E-state index < -0.39 is 0 Å². The van der Waals surface area contributed by atoms with Gasteiger partial charge in [-0.2, -0.15) is 11.3 Å². The summed E-state index contributed by atoms with van der Waals surface area (Å²) in [5.74, 6) is 0.824. The van der Waals surface area contributed by atoms with E-state index >= 15 is 0 Å². The van der Waals surface area contributed by atoms with Gasteiger partial charge in [-0.25, -0.2) is 4.98 Å². The maximum absolute atomic E-state index is 12.4. The van der Waals surface area contributed by atoms with E-state index in [1.807, 2.05) is 35.2 Å². The summed E-state index contributed by atoms with van der Waals surface area (Å²) in [7, 11) is 4.13. The summed E-state index contributed by atoms with van der Waals surface area (Å²) in [6, 6.07) is 22.8. The van der Waals surface area contributed by atoms with Crippen molar-refractivity contribution in [2.75, 3.05) is 37.8 Å². The maximum Gasteiger partial charge on any atom is 0.256 e. The Labute approximate surface area is 203 Å². The van der Waals surface area contributed by atoms with Gasteiger partial charge in [0.1, 0.15) is 5.82 Å². The molecule has 1 amide bonds. The van der Waals surface area contributed by atoms with Crippen molar-refractivity contribution in [3.8, 4) is 11.1 Å². The molecule has 0 atom stereocenters. The summed E-state index contributed by atoms with van der Waals surface area (Å²) in [6.07, 6.45) is 1.87. The number of amides is 1. The Morgan fingerprint density at radius 2 is 1.82 bits per heavy atom. The van der Waals surface area contributed by atoms with Crippen LogP contribution >= 0.6 is 11.3 Å². The first kappa shape index (κ1) is 22.1. The number of hydrogen-bond donors (Lipinski definition) is 2. The van der Waals surface area contributed by atoms with Crippen molar-refractivity contribution in [1.29, 1.82) is 0 Å². The average Bonchev–Trinajstić information content (AvgIpc) is 3.39. The van der Waals surface area contributed by atoms with Crippen LogP contribution in [0.4, 0.5) is 11.5 Å². The second-order valence-corrected chi connectivity index (χ2v) is 9.31. The predicted molar refractivity (Wildman–Crippen MR) is 144 cm³/mol. The second kappa shape index (κ2) is 9.63. The van der Waals surface area contributed by atoms with Crippen LogP contribution in [-0.4, -0.2) is 43.0 Å². The van der Waals surface area contributed by atoms with E-state index in [-0.39, 0.29) is 5.91 Å². The summed E-state index contributed by atoms with van der Waals surface area (Å²) in [4.78, 5) is 19.1. The fourth-order valence-electron chi connectivity index (χ4n) is 4.09. The maximum atomic E-state index is 12.4. The van der Waals surface area contributed by atoms with Gasteiger partial charge in [0, 0.05) is 35.7 Å². The largest absolute Gasteiger partial charge is 0.368 e. The van der Waals surface area contributed by atoms with Crippen LogP contribution in [0.2, 0.25) is 0 Å². The fourth-order valence-corrected chi connectivity index (χ4v) is 4.72. The molecule has 0 radical (unpaired) electrons. The highest BCUT2D eigenvalue weighted by atomic mass is 32.1. The third-order valence-corrected chi connectivity index (χ3v) is 6.53. The Bertz CT molecular complexity index is 1460. The number of carbonyl (C=O) groups is 1. The van der Waals surface area contributed by atoms with Crippen LogP contribution in [0.15, 0.2) is 83.7 Å². The molecule has 34 heavy (non-hydrogen) atoms. The summed E-state index contributed by atoms with van der Waals surface area (Å²) >= 11 is 1.52. The van der Waals surface area contributed by atoms with Crippen LogP contribution < -0.4 is 10.6 Å². The van der Waals surface area contributed by atoms with Gasteiger partial charge in [0.25, 0.3) is 5.91 Å². The van der Waals surface area contributed by atoms with Gasteiger partial charge in [-0.1, -0.05) is 36.4 Å². The number of rotatable bonds is 7. The van der Waals surface area contributed by atoms with Crippen molar-refractivity contribution in [3.05, 3.63) is 89.3 Å². The number of fused-ring (bicyclic) bond motifs is 2. The summed E-state index contributed by atoms with van der Waals surface area (Å²) in [5, 5.41) is 14.7. The number of thiophene rings is 1. The van der Waals surface area contributed by atoms with Crippen molar-refractivity contribution in [1.82, 2.24) is 9.88 Å². The highest BCUT2D eigenvalue weighted by Crippen LogP contribution is 2.33. The first-order valence-electron chi connectivity index (χ1n) is 11.2. The number of nitrogens with zero attached hydrogens (tertiary/aromatic N) is 2. The predicted octanol–water partition coefficient (Wildman–Crippen LogP) is 6.34. The molecule has 0 saturated heterocycles. The van der Waals surface area contributed by atoms with Crippen LogP contribution in [-0.2, 0) is 0 Å². The molecular formula is C28H26N4OS. The highest BCUT2D eigenvalue weighted by Gasteiger charge is 2.10. The van der Waals surface area contributed by atoms with E-state index in [1.165, 1.54) is 22.3 Å². The lowest BCUT2D eigenvalue weighted by molar-refractivity contribution is 0.102. The van der Waals surface area contributed by atoms with Gasteiger partial charge in [0.05, 0.1) is 5.56 Å². The minimum absolute atomic E-state index is 0.0865. The normalized spacial score (nSPS) is 11.3. The fraction of sp³-hybridized carbons (Fsp3) is 0.143. The van der Waals surface area contributed by atoms with Gasteiger partial charge >= 0.3 is 0 Å². The van der Waals surface area contributed by atoms with Gasteiger partial charge in [0.15, 0.2) is 0 Å². The third-order valence-electron chi connectivity index (χ3n) is 5.85. The Balaban J connectivity index is 1.44. The van der Waals surface area contributed by atoms with E-state index in [9.17, 15) is 4.79 Å². The van der Waals surface area contributed by atoms with E-state index in [4.69, 9.17) is 0 Å². The summed E-state index contributed by atoms with van der Waals surface area (Å²) in [5.41, 5.74) is 3.80. The minimum Gasteiger partial charge on any atom is -0.368 e. The lowest BCUT2D eigenvalue weighted by atomic mass is 9.96. The topological polar surface area (TPSA) is 57.3 Å². The molecule has 5 nitrogen and oxygen atoms in total. The molecule has 5 rings (SSSR count). The molecule has 2 N–H and O–H groups in total. The number of nitrogens with one attached hydrogen (secondary N) is 2. The monoisotopic (exact) mass is 466 g/mol. The first-order valence-corrected chi connectivity index (χ1v) is 12.2. The van der Waals surface area contributed by atoms with Crippen molar-refractivity contribution >= 4 is 50.3 Å². The third kappa shape index (κ3) is 4.64. The molecule has 6 heteroatoms. The summed E-state index contributed by atoms with van der Waals surface area (Å²) in [6.45, 7) is 1.78. The SMILES string of the molecule is CN(C)CCNc1nccc2c(-c3ccc4cc(NC(=O)c5ccsc5)ccc4c3)cccc12. The molecule has 170 valence electrons. The van der Waals surface area contributed by atoms with Crippen molar-refractivity contribution in [2.45, 2.75) is 0 Å². The number of carbonyl (C=O) groups excluding carboxylic acids is 1. The van der Waals surface area contributed by atoms with Gasteiger partial charge in [-0.15, -0.1) is 0 Å². The van der Waals surface area contributed by atoms with Gasteiger partial charge in [-0.05, 0) is 77.1 Å². The molecule has 5 aromatic rings. The molecule has 0 bridgehead atoms. The lowest BCUT2D eigenvalue weighted by Gasteiger charge is -2.14. The van der Waals surface area contributed by atoms with Crippen LogP contribution in [0, 0.1) is 0 Å². The summed E-state index contributed by atoms with van der Waals surface area (Å²) < 4.78 is 0. The average molecular weight is 467 g/mol. The zero-order chi connectivity index (χ0) is 23.5. The van der Waals surface area contributed by atoms with Crippen LogP contribution in [0.3, 0.4) is 0 Å². The molecule has 2 heterocycles. The highest BCUT2D eigenvalue weighted by molar-refractivity contribution is 7.08. The van der Waals surface area contributed by atoms with Crippen molar-refractivity contribution < 1.29 is 4.79 Å². The molecule has 0 aliphatic rings. The Morgan fingerprint density at radius 3 is 2.65 bits per heavy atom. The lowest BCUT2D eigenvalue weighted by Crippen LogP contribution is -2.21. The number of likely N-dealkylation sites (N-methyl/N-ethyl adjacent to an activating group) is 1. The molecular weight excluding hydrogens is 440 g/mol. The van der Waals surface area contributed by atoms with Crippen LogP contribution in [0.5, 0.6) is 0 Å². The Kier molecular flexibility index (Phi) is 6.25. The molecule has 3 aromatic carbocycles. The molecule has 0 unspecified atom stereocenters. The van der Waals surface area contributed by atoms with E-state index in [1.54, 1.807) is 0 Å². The minimum atomic E-state index is -0.0865. The zero-order valence-electron chi connectivity index (χ0n) is 19.2. The standard InChI is InChI=1S/C28H26N4OS/c1-32(2)14-13-30-27-26-5-3-4-24(25(26)10-12-29-27)21-7-6-20-17-23(9-8-19(20)16-21)31-28(33)22-11-15-34-18-22/h3-12,15-18H,13-14H2,1-2H3,(H,29,30)(H,31,33). The van der Waals surface area contributed by atoms with E-state index in [2.05, 4.69) is 83.1 Å². The van der Waals surface area contributed by atoms with Crippen molar-refractivity contribution in [3.63, 3.8) is 0 Å². The van der Waals surface area contributed by atoms with Gasteiger partial charge in [0.2, 0.25) is 0 Å². The number of anilines is 2. The molecule has 0 saturated carbocycles. The number of aromatic nitrogens is 1. The van der Waals surface area contributed by atoms with E-state index in [0.29, 0.717) is 5.56 Å². The van der Waals surface area contributed by atoms with Crippen molar-refractivity contribution in [2.24, 2.45) is 0 Å². The van der Waals surface area contributed by atoms with Gasteiger partial charge in [-0.3, -0.25) is 4.79 Å². The van der Waals surface area contributed by atoms with Crippen LogP contribution in [0.25, 0.3) is 32.7 Å². The van der Waals surface area contributed by atoms with Gasteiger partial charge < -0.3 is 15.5 Å². The molecule has 0 aliphatic heterocycles. The zero-order valence-corrected chi connectivity index (χ0v) is 20.0. The van der Waals surface area contributed by atoms with Crippen LogP contribution in [0.1, 0.15) is 10.4 Å². The Hall–Kier alpha value is -3.74. The van der Waals surface area contributed by atoms with E-state index in [0.717, 1.165) is 46.3 Å². The molecule has 2 aromatic heterocycles. The quantitative estimate of drug-likeness (QED) is 0.294. The number of benzene rings is 3. The molecule has 0 aliphatic carbocycles. The first-order chi connectivity index (χ1) is 16.6. The molecule has 0 fully saturated rings. The molecule has 0 spiro atoms. The second-order valence-electron chi connectivity index (χ2n) is 8.53. The Morgan fingerprint density at radius 1 is 0.971 bits per heavy atom. The smallest absolute Gasteiger partial charge is 0.256 e.